The molecular formula is C26H23ClF3N3OS. The third-order valence-corrected chi connectivity index (χ3v) is 7.71. The molecular weight excluding hydrogens is 495 g/mol. The molecule has 1 saturated carbocycles. The molecule has 2 aromatic carbocycles. The topological polar surface area (TPSA) is 54.0 Å². The number of anilines is 1. The second-order valence-electron chi connectivity index (χ2n) is 9.03. The van der Waals surface area contributed by atoms with Crippen molar-refractivity contribution in [1.29, 1.82) is 0 Å². The number of nitrogens with one attached hydrogen (secondary N) is 2. The number of carbonyl (C=O) groups excluding carboxylic acids is 1. The normalized spacial score (nSPS) is 18.7. The van der Waals surface area contributed by atoms with Crippen molar-refractivity contribution in [2.45, 2.75) is 50.9 Å². The highest BCUT2D eigenvalue weighted by atomic mass is 35.5. The van der Waals surface area contributed by atoms with Crippen molar-refractivity contribution < 1.29 is 18.0 Å². The van der Waals surface area contributed by atoms with E-state index in [4.69, 9.17) is 11.6 Å². The number of fused-ring (bicyclic) bond motifs is 2. The Balaban J connectivity index is 1.26. The van der Waals surface area contributed by atoms with Crippen LogP contribution in [-0.2, 0) is 6.18 Å². The number of aryl methyl sites for hydroxylation is 1. The summed E-state index contributed by atoms with van der Waals surface area (Å²) in [6.45, 7) is 2.03. The van der Waals surface area contributed by atoms with Crippen molar-refractivity contribution in [1.82, 2.24) is 10.3 Å². The molecule has 182 valence electrons. The predicted molar refractivity (Wildman–Crippen MR) is 135 cm³/mol. The number of benzene rings is 2. The fraction of sp³-hybridized carbons (Fsp3) is 0.308. The lowest BCUT2D eigenvalue weighted by molar-refractivity contribution is -0.140. The zero-order chi connectivity index (χ0) is 24.7. The molecule has 0 spiro atoms. The van der Waals surface area contributed by atoms with E-state index in [0.29, 0.717) is 21.0 Å². The molecule has 1 fully saturated rings. The van der Waals surface area contributed by atoms with Gasteiger partial charge in [-0.05, 0) is 80.0 Å². The van der Waals surface area contributed by atoms with Gasteiger partial charge in [-0.25, -0.2) is 4.98 Å². The number of alkyl halides is 3. The highest BCUT2D eigenvalue weighted by Gasteiger charge is 2.34. The largest absolute Gasteiger partial charge is 0.433 e. The molecule has 1 aliphatic rings. The number of rotatable bonds is 4. The van der Waals surface area contributed by atoms with Crippen LogP contribution in [0, 0.1) is 6.92 Å². The molecule has 0 unspecified atom stereocenters. The minimum atomic E-state index is -4.54. The number of nitrogens with zero attached hydrogens (tertiary/aromatic N) is 1. The molecule has 1 aliphatic carbocycles. The monoisotopic (exact) mass is 517 g/mol. The second kappa shape index (κ2) is 9.32. The van der Waals surface area contributed by atoms with Crippen LogP contribution < -0.4 is 10.6 Å². The molecule has 0 atom stereocenters. The summed E-state index contributed by atoms with van der Waals surface area (Å²) >= 11 is 7.58. The first-order valence-electron chi connectivity index (χ1n) is 11.4. The van der Waals surface area contributed by atoms with E-state index in [-0.39, 0.29) is 23.5 Å². The van der Waals surface area contributed by atoms with Crippen LogP contribution in [0.25, 0.3) is 21.0 Å². The van der Waals surface area contributed by atoms with Gasteiger partial charge in [-0.15, -0.1) is 11.3 Å². The molecule has 0 aliphatic heterocycles. The minimum Gasteiger partial charge on any atom is -0.382 e. The summed E-state index contributed by atoms with van der Waals surface area (Å²) in [5.41, 5.74) is 0.835. The lowest BCUT2D eigenvalue weighted by atomic mass is 9.90. The van der Waals surface area contributed by atoms with E-state index in [1.54, 1.807) is 6.07 Å². The van der Waals surface area contributed by atoms with Gasteiger partial charge in [-0.2, -0.15) is 13.2 Å². The number of amides is 1. The Bertz CT molecular complexity index is 1410. The van der Waals surface area contributed by atoms with E-state index in [2.05, 4.69) is 21.7 Å². The molecule has 0 saturated heterocycles. The summed E-state index contributed by atoms with van der Waals surface area (Å²) in [5, 5.41) is 8.46. The van der Waals surface area contributed by atoms with Gasteiger partial charge in [0.25, 0.3) is 5.91 Å². The Hall–Kier alpha value is -2.84. The molecule has 35 heavy (non-hydrogen) atoms. The van der Waals surface area contributed by atoms with E-state index in [0.717, 1.165) is 47.4 Å². The first-order chi connectivity index (χ1) is 16.7. The number of halogens is 4. The van der Waals surface area contributed by atoms with Crippen LogP contribution >= 0.6 is 22.9 Å². The van der Waals surface area contributed by atoms with Crippen molar-refractivity contribution in [3.63, 3.8) is 0 Å². The summed E-state index contributed by atoms with van der Waals surface area (Å²) in [6.07, 6.45) is -1.62. The third kappa shape index (κ3) is 5.23. The number of hydrogen-bond donors (Lipinski definition) is 2. The van der Waals surface area contributed by atoms with Crippen LogP contribution in [0.4, 0.5) is 18.9 Å². The summed E-state index contributed by atoms with van der Waals surface area (Å²) in [4.78, 5) is 17.3. The summed E-state index contributed by atoms with van der Waals surface area (Å²) in [6, 6.07) is 13.8. The number of aromatic nitrogens is 1. The molecule has 9 heteroatoms. The highest BCUT2D eigenvalue weighted by Crippen LogP contribution is 2.35. The van der Waals surface area contributed by atoms with Crippen LogP contribution in [0.5, 0.6) is 0 Å². The van der Waals surface area contributed by atoms with E-state index < -0.39 is 11.9 Å². The molecule has 2 heterocycles. The van der Waals surface area contributed by atoms with E-state index in [1.807, 2.05) is 25.1 Å². The smallest absolute Gasteiger partial charge is 0.382 e. The summed E-state index contributed by atoms with van der Waals surface area (Å²) in [7, 11) is 0. The fourth-order valence-electron chi connectivity index (χ4n) is 4.57. The molecule has 2 aromatic heterocycles. The molecule has 0 bridgehead atoms. The lowest BCUT2D eigenvalue weighted by Crippen LogP contribution is -2.40. The Morgan fingerprint density at radius 2 is 1.77 bits per heavy atom. The van der Waals surface area contributed by atoms with Gasteiger partial charge in [0.1, 0.15) is 5.69 Å². The second-order valence-corrected chi connectivity index (χ2v) is 10.6. The van der Waals surface area contributed by atoms with Gasteiger partial charge < -0.3 is 10.6 Å². The predicted octanol–water partition coefficient (Wildman–Crippen LogP) is 7.58. The van der Waals surface area contributed by atoms with E-state index in [1.165, 1.54) is 23.5 Å². The highest BCUT2D eigenvalue weighted by molar-refractivity contribution is 7.20. The SMILES string of the molecule is Cc1ccc2cc(C(=O)NC3CCC(Nc4cc(C(F)(F)F)nc5ccc(Cl)cc45)CC3)sc2c1. The first kappa shape index (κ1) is 23.9. The maximum atomic E-state index is 13.4. The number of thiophene rings is 1. The van der Waals surface area contributed by atoms with E-state index in [9.17, 15) is 18.0 Å². The number of hydrogen-bond acceptors (Lipinski definition) is 4. The van der Waals surface area contributed by atoms with Crippen LogP contribution in [0.2, 0.25) is 5.02 Å². The first-order valence-corrected chi connectivity index (χ1v) is 12.6. The molecule has 2 N–H and O–H groups in total. The average molecular weight is 518 g/mol. The Morgan fingerprint density at radius 3 is 2.51 bits per heavy atom. The molecule has 4 aromatic rings. The number of pyridine rings is 1. The van der Waals surface area contributed by atoms with Gasteiger partial charge >= 0.3 is 6.18 Å². The molecule has 5 rings (SSSR count). The average Bonchev–Trinajstić information content (AvgIpc) is 3.23. The zero-order valence-electron chi connectivity index (χ0n) is 18.9. The Morgan fingerprint density at radius 1 is 1.03 bits per heavy atom. The van der Waals surface area contributed by atoms with Crippen molar-refractivity contribution in [2.24, 2.45) is 0 Å². The number of carbonyl (C=O) groups is 1. The minimum absolute atomic E-state index is 0.0129. The van der Waals surface area contributed by atoms with Crippen LogP contribution in [0.3, 0.4) is 0 Å². The maximum absolute atomic E-state index is 13.4. The van der Waals surface area contributed by atoms with Gasteiger partial charge in [-0.1, -0.05) is 23.7 Å². The van der Waals surface area contributed by atoms with Crippen molar-refractivity contribution in [3.8, 4) is 0 Å². The Labute approximate surface area is 209 Å². The van der Waals surface area contributed by atoms with Gasteiger partial charge in [0.15, 0.2) is 0 Å². The molecule has 4 nitrogen and oxygen atoms in total. The van der Waals surface area contributed by atoms with Crippen molar-refractivity contribution in [3.05, 3.63) is 69.7 Å². The Kier molecular flexibility index (Phi) is 6.36. The van der Waals surface area contributed by atoms with Crippen LogP contribution in [-0.4, -0.2) is 23.0 Å². The summed E-state index contributed by atoms with van der Waals surface area (Å²) < 4.78 is 41.3. The van der Waals surface area contributed by atoms with Crippen LogP contribution in [0.15, 0.2) is 48.5 Å². The lowest BCUT2D eigenvalue weighted by Gasteiger charge is -2.30. The van der Waals surface area contributed by atoms with Gasteiger partial charge in [0, 0.05) is 32.9 Å². The van der Waals surface area contributed by atoms with Gasteiger partial charge in [0.05, 0.1) is 10.4 Å². The van der Waals surface area contributed by atoms with E-state index >= 15 is 0 Å². The maximum Gasteiger partial charge on any atom is 0.433 e. The van der Waals surface area contributed by atoms with Crippen molar-refractivity contribution in [2.75, 3.05) is 5.32 Å². The van der Waals surface area contributed by atoms with Gasteiger partial charge in [-0.3, -0.25) is 4.79 Å². The standard InChI is InChI=1S/C26H23ClF3N3OS/c1-14-2-3-15-11-23(35-22(15)10-14)25(34)32-18-7-5-17(6-8-18)31-21-13-24(26(28,29)30)33-20-9-4-16(27)12-19(20)21/h2-4,9-13,17-18H,5-8H2,1H3,(H,31,33)(H,32,34). The van der Waals surface area contributed by atoms with Crippen molar-refractivity contribution >= 4 is 55.5 Å². The summed E-state index contributed by atoms with van der Waals surface area (Å²) in [5.74, 6) is -0.0788. The molecule has 1 amide bonds. The molecule has 0 radical (unpaired) electrons. The third-order valence-electron chi connectivity index (χ3n) is 6.38. The zero-order valence-corrected chi connectivity index (χ0v) is 20.4. The van der Waals surface area contributed by atoms with Crippen LogP contribution in [0.1, 0.15) is 46.6 Å². The quantitative estimate of drug-likeness (QED) is 0.293. The fourth-order valence-corrected chi connectivity index (χ4v) is 5.81. The van der Waals surface area contributed by atoms with Gasteiger partial charge in [0.2, 0.25) is 0 Å².